The highest BCUT2D eigenvalue weighted by Crippen LogP contribution is 2.12. The topological polar surface area (TPSA) is 46.6 Å². The molecular weight excluding hydrogens is 197 g/mol. The lowest BCUT2D eigenvalue weighted by Crippen LogP contribution is -2.48. The van der Waals surface area contributed by atoms with Crippen molar-refractivity contribution in [2.75, 3.05) is 32.2 Å². The van der Waals surface area contributed by atoms with Crippen LogP contribution in [0.4, 0.5) is 4.39 Å². The van der Waals surface area contributed by atoms with Crippen LogP contribution in [0.3, 0.4) is 0 Å². The third-order valence-electron chi connectivity index (χ3n) is 2.00. The third kappa shape index (κ3) is 2.62. The Labute approximate surface area is 77.7 Å². The Morgan fingerprint density at radius 2 is 2.31 bits per heavy atom. The zero-order chi connectivity index (χ0) is 9.90. The molecule has 1 heterocycles. The van der Waals surface area contributed by atoms with E-state index < -0.39 is 22.5 Å². The predicted octanol–water partition coefficient (Wildman–Crippen LogP) is 0.00640. The molecule has 0 spiro atoms. The van der Waals surface area contributed by atoms with E-state index in [1.165, 1.54) is 4.31 Å². The minimum atomic E-state index is -3.40. The highest BCUT2D eigenvalue weighted by Gasteiger charge is 2.29. The molecule has 0 aliphatic carbocycles. The molecule has 13 heavy (non-hydrogen) atoms. The van der Waals surface area contributed by atoms with Crippen LogP contribution in [0.2, 0.25) is 0 Å². The number of alkyl halides is 1. The van der Waals surface area contributed by atoms with E-state index in [-0.39, 0.29) is 6.04 Å². The number of sulfonamides is 1. The van der Waals surface area contributed by atoms with E-state index in [1.54, 1.807) is 6.92 Å². The summed E-state index contributed by atoms with van der Waals surface area (Å²) < 4.78 is 41.2. The Kier molecular flexibility index (Phi) is 3.63. The molecule has 78 valence electrons. The van der Waals surface area contributed by atoms with Crippen LogP contribution in [0, 0.1) is 0 Å². The summed E-state index contributed by atoms with van der Waals surface area (Å²) in [5.41, 5.74) is 0. The van der Waals surface area contributed by atoms with Crippen molar-refractivity contribution in [3.8, 4) is 0 Å². The smallest absolute Gasteiger partial charge is 0.217 e. The van der Waals surface area contributed by atoms with Gasteiger partial charge in [0, 0.05) is 12.6 Å². The number of halogens is 1. The van der Waals surface area contributed by atoms with Crippen LogP contribution in [0.15, 0.2) is 0 Å². The zero-order valence-electron chi connectivity index (χ0n) is 7.57. The van der Waals surface area contributed by atoms with Gasteiger partial charge in [-0.1, -0.05) is 0 Å². The fourth-order valence-corrected chi connectivity index (χ4v) is 2.73. The molecule has 1 fully saturated rings. The quantitative estimate of drug-likeness (QED) is 0.660. The zero-order valence-corrected chi connectivity index (χ0v) is 8.39. The lowest BCUT2D eigenvalue weighted by atomic mass is 10.3. The van der Waals surface area contributed by atoms with Gasteiger partial charge in [-0.25, -0.2) is 12.8 Å². The second-order valence-electron chi connectivity index (χ2n) is 3.04. The lowest BCUT2D eigenvalue weighted by Gasteiger charge is -2.31. The number of nitrogens with zero attached hydrogens (tertiary/aromatic N) is 1. The van der Waals surface area contributed by atoms with E-state index in [1.807, 2.05) is 0 Å². The molecule has 0 aromatic heterocycles. The molecule has 1 aliphatic rings. The average Bonchev–Trinajstić information content (AvgIpc) is 2.04. The Balaban J connectivity index is 2.68. The SMILES string of the molecule is CC1COCCN1S(=O)(=O)CCF. The van der Waals surface area contributed by atoms with E-state index in [0.29, 0.717) is 19.8 Å². The van der Waals surface area contributed by atoms with Crippen LogP contribution in [0.1, 0.15) is 6.92 Å². The molecule has 0 radical (unpaired) electrons. The van der Waals surface area contributed by atoms with Crippen molar-refractivity contribution in [1.82, 2.24) is 4.31 Å². The van der Waals surface area contributed by atoms with E-state index in [4.69, 9.17) is 4.74 Å². The summed E-state index contributed by atoms with van der Waals surface area (Å²) in [6, 6.07) is -0.176. The van der Waals surface area contributed by atoms with Gasteiger partial charge in [0.25, 0.3) is 0 Å². The summed E-state index contributed by atoms with van der Waals surface area (Å²) in [7, 11) is -3.40. The van der Waals surface area contributed by atoms with Gasteiger partial charge in [-0.05, 0) is 6.92 Å². The standard InChI is InChI=1S/C7H14FNO3S/c1-7-6-12-4-3-9(7)13(10,11)5-2-8/h7H,2-6H2,1H3. The van der Waals surface area contributed by atoms with Gasteiger partial charge >= 0.3 is 0 Å². The van der Waals surface area contributed by atoms with Crippen molar-refractivity contribution >= 4 is 10.0 Å². The first-order valence-electron chi connectivity index (χ1n) is 4.21. The van der Waals surface area contributed by atoms with Crippen LogP contribution in [0.25, 0.3) is 0 Å². The molecule has 0 saturated carbocycles. The van der Waals surface area contributed by atoms with E-state index >= 15 is 0 Å². The van der Waals surface area contributed by atoms with Gasteiger partial charge in [0.05, 0.1) is 19.0 Å². The molecule has 6 heteroatoms. The summed E-state index contributed by atoms with van der Waals surface area (Å²) >= 11 is 0. The maximum atomic E-state index is 11.9. The summed E-state index contributed by atoms with van der Waals surface area (Å²) in [5, 5.41) is 0. The number of rotatable bonds is 3. The van der Waals surface area contributed by atoms with Crippen LogP contribution in [0.5, 0.6) is 0 Å². The predicted molar refractivity (Wildman–Crippen MR) is 46.7 cm³/mol. The summed E-state index contributed by atoms with van der Waals surface area (Å²) in [4.78, 5) is 0. The highest BCUT2D eigenvalue weighted by atomic mass is 32.2. The second kappa shape index (κ2) is 4.34. The molecule has 4 nitrogen and oxygen atoms in total. The highest BCUT2D eigenvalue weighted by molar-refractivity contribution is 7.89. The van der Waals surface area contributed by atoms with Crippen LogP contribution in [-0.2, 0) is 14.8 Å². The first-order chi connectivity index (χ1) is 6.08. The summed E-state index contributed by atoms with van der Waals surface area (Å²) in [5.74, 6) is -0.419. The fraction of sp³-hybridized carbons (Fsp3) is 1.00. The summed E-state index contributed by atoms with van der Waals surface area (Å²) in [6.45, 7) is 2.06. The average molecular weight is 211 g/mol. The molecule has 1 aliphatic heterocycles. The van der Waals surface area contributed by atoms with Crippen LogP contribution in [-0.4, -0.2) is 51.0 Å². The first kappa shape index (κ1) is 10.9. The molecule has 1 atom stereocenters. The van der Waals surface area contributed by atoms with Crippen LogP contribution < -0.4 is 0 Å². The van der Waals surface area contributed by atoms with Crippen molar-refractivity contribution < 1.29 is 17.5 Å². The molecule has 1 unspecified atom stereocenters. The molecular formula is C7H14FNO3S. The minimum absolute atomic E-state index is 0.176. The Bertz CT molecular complexity index is 254. The van der Waals surface area contributed by atoms with Gasteiger partial charge in [0.15, 0.2) is 0 Å². The Hall–Kier alpha value is -0.200. The molecule has 0 aromatic rings. The van der Waals surface area contributed by atoms with Crippen molar-refractivity contribution in [2.24, 2.45) is 0 Å². The maximum Gasteiger partial charge on any atom is 0.217 e. The second-order valence-corrected chi connectivity index (χ2v) is 5.08. The van der Waals surface area contributed by atoms with Gasteiger partial charge in [0.1, 0.15) is 6.67 Å². The van der Waals surface area contributed by atoms with Crippen LogP contribution >= 0.6 is 0 Å². The molecule has 1 saturated heterocycles. The van der Waals surface area contributed by atoms with Gasteiger partial charge in [-0.15, -0.1) is 0 Å². The normalized spacial score (nSPS) is 26.2. The molecule has 0 aromatic carbocycles. The van der Waals surface area contributed by atoms with Gasteiger partial charge in [0.2, 0.25) is 10.0 Å². The van der Waals surface area contributed by atoms with E-state index in [9.17, 15) is 12.8 Å². The minimum Gasteiger partial charge on any atom is -0.378 e. The van der Waals surface area contributed by atoms with E-state index in [2.05, 4.69) is 0 Å². The van der Waals surface area contributed by atoms with Crippen molar-refractivity contribution in [1.29, 1.82) is 0 Å². The largest absolute Gasteiger partial charge is 0.378 e. The monoisotopic (exact) mass is 211 g/mol. The van der Waals surface area contributed by atoms with Gasteiger partial charge in [-0.2, -0.15) is 4.31 Å². The third-order valence-corrected chi connectivity index (χ3v) is 3.93. The number of hydrogen-bond donors (Lipinski definition) is 0. The maximum absolute atomic E-state index is 11.9. The Morgan fingerprint density at radius 3 is 2.85 bits per heavy atom. The number of ether oxygens (including phenoxy) is 1. The van der Waals surface area contributed by atoms with Gasteiger partial charge in [-0.3, -0.25) is 0 Å². The van der Waals surface area contributed by atoms with Crippen molar-refractivity contribution in [3.63, 3.8) is 0 Å². The number of morpholine rings is 1. The molecule has 1 rings (SSSR count). The number of hydrogen-bond acceptors (Lipinski definition) is 3. The molecule has 0 bridgehead atoms. The Morgan fingerprint density at radius 1 is 1.62 bits per heavy atom. The van der Waals surface area contributed by atoms with Gasteiger partial charge < -0.3 is 4.74 Å². The fourth-order valence-electron chi connectivity index (χ4n) is 1.34. The lowest BCUT2D eigenvalue weighted by molar-refractivity contribution is 0.0392. The van der Waals surface area contributed by atoms with Crippen molar-refractivity contribution in [3.05, 3.63) is 0 Å². The van der Waals surface area contributed by atoms with E-state index in [0.717, 1.165) is 0 Å². The molecule has 0 N–H and O–H groups in total. The molecule has 0 amide bonds. The first-order valence-corrected chi connectivity index (χ1v) is 5.82. The summed E-state index contributed by atoms with van der Waals surface area (Å²) in [6.07, 6.45) is 0. The van der Waals surface area contributed by atoms with Crippen molar-refractivity contribution in [2.45, 2.75) is 13.0 Å².